The normalized spacial score (nSPS) is 29.1. The van der Waals surface area contributed by atoms with Gasteiger partial charge in [-0.3, -0.25) is 9.97 Å². The lowest BCUT2D eigenvalue weighted by Gasteiger charge is -2.65. The molecule has 4 rings (SSSR count). The maximum atomic E-state index is 6.91. The van der Waals surface area contributed by atoms with Gasteiger partial charge in [0, 0.05) is 46.4 Å². The van der Waals surface area contributed by atoms with E-state index < -0.39 is 8.56 Å². The summed E-state index contributed by atoms with van der Waals surface area (Å²) in [4.78, 5) is 17.5. The molecule has 0 amide bonds. The molecule has 2 aromatic heterocycles. The molecule has 2 aliphatic rings. The molecule has 0 aliphatic heterocycles. The van der Waals surface area contributed by atoms with E-state index >= 15 is 0 Å². The summed E-state index contributed by atoms with van der Waals surface area (Å²) in [6, 6.07) is 0. The van der Waals surface area contributed by atoms with E-state index in [0.29, 0.717) is 11.8 Å². The van der Waals surface area contributed by atoms with Crippen LogP contribution >= 0.6 is 0 Å². The van der Waals surface area contributed by atoms with Crippen molar-refractivity contribution in [3.63, 3.8) is 0 Å². The zero-order chi connectivity index (χ0) is 27.6. The van der Waals surface area contributed by atoms with Gasteiger partial charge < -0.3 is 18.3 Å². The molecular formula is C28H44N4O4Si. The molecule has 0 N–H and O–H groups in total. The zero-order valence-electron chi connectivity index (χ0n) is 24.5. The Balaban J connectivity index is 1.46. The molecule has 9 heteroatoms. The molecule has 2 heterocycles. The fourth-order valence-electron chi connectivity index (χ4n) is 7.25. The Bertz CT molecular complexity index is 1030. The molecule has 204 valence electrons. The molecule has 0 unspecified atom stereocenters. The van der Waals surface area contributed by atoms with Crippen LogP contribution in [-0.4, -0.2) is 52.9 Å². The van der Waals surface area contributed by atoms with Gasteiger partial charge in [-0.05, 0) is 26.9 Å². The van der Waals surface area contributed by atoms with Crippen molar-refractivity contribution in [2.45, 2.75) is 107 Å². The number of nitrogens with zero attached hydrogens (tertiary/aromatic N) is 4. The molecule has 0 radical (unpaired) electrons. The van der Waals surface area contributed by atoms with Gasteiger partial charge in [-0.25, -0.2) is 9.97 Å². The van der Waals surface area contributed by atoms with Crippen LogP contribution in [0.15, 0.2) is 24.8 Å². The highest BCUT2D eigenvalue weighted by atomic mass is 28.4. The van der Waals surface area contributed by atoms with Crippen molar-refractivity contribution in [2.75, 3.05) is 0 Å². The van der Waals surface area contributed by atoms with E-state index in [1.165, 1.54) is 0 Å². The van der Waals surface area contributed by atoms with Crippen LogP contribution in [0.5, 0.6) is 11.8 Å². The third kappa shape index (κ3) is 4.67. The fourth-order valence-corrected chi connectivity index (χ4v) is 9.65. The highest BCUT2D eigenvalue weighted by Gasteiger charge is 2.68. The maximum Gasteiger partial charge on any atom is 0.332 e. The molecule has 2 fully saturated rings. The topological polar surface area (TPSA) is 88.5 Å². The summed E-state index contributed by atoms with van der Waals surface area (Å²) in [5.74, 6) is 1.17. The maximum absolute atomic E-state index is 6.91. The van der Waals surface area contributed by atoms with E-state index in [-0.39, 0.29) is 46.1 Å². The van der Waals surface area contributed by atoms with Crippen LogP contribution in [0.3, 0.4) is 0 Å². The van der Waals surface area contributed by atoms with Gasteiger partial charge >= 0.3 is 8.56 Å². The van der Waals surface area contributed by atoms with E-state index in [0.717, 1.165) is 11.4 Å². The van der Waals surface area contributed by atoms with Crippen LogP contribution in [0.2, 0.25) is 13.1 Å². The average Bonchev–Trinajstić information content (AvgIpc) is 2.79. The smallest absolute Gasteiger partial charge is 0.332 e. The van der Waals surface area contributed by atoms with Crippen molar-refractivity contribution in [1.29, 1.82) is 0 Å². The molecule has 2 aliphatic carbocycles. The van der Waals surface area contributed by atoms with Crippen molar-refractivity contribution < 1.29 is 18.3 Å². The van der Waals surface area contributed by atoms with Gasteiger partial charge in [0.2, 0.25) is 11.8 Å². The summed E-state index contributed by atoms with van der Waals surface area (Å²) in [6.07, 6.45) is 6.54. The Morgan fingerprint density at radius 1 is 0.541 bits per heavy atom. The minimum absolute atomic E-state index is 0.0239. The van der Waals surface area contributed by atoms with Gasteiger partial charge in [-0.2, -0.15) is 0 Å². The number of ether oxygens (including phenoxy) is 2. The van der Waals surface area contributed by atoms with Gasteiger partial charge in [-0.1, -0.05) is 55.4 Å². The number of aromatic nitrogens is 4. The highest BCUT2D eigenvalue weighted by Crippen LogP contribution is 2.60. The van der Waals surface area contributed by atoms with Crippen molar-refractivity contribution in [3.8, 4) is 11.8 Å². The molecule has 0 aromatic carbocycles. The standard InChI is InChI=1S/C28H44N4O4Si/c1-17-19(31-15-13-29-17)33-21-25(3,4)23(26(21,5)6)35-37(11,12)36-24-27(7,8)22(28(24,9)10)34-20-18(2)30-14-16-32-20/h13-16,21-24H,1-12H3. The number of rotatable bonds is 8. The van der Waals surface area contributed by atoms with Crippen LogP contribution < -0.4 is 9.47 Å². The second-order valence-electron chi connectivity index (χ2n) is 13.6. The van der Waals surface area contributed by atoms with E-state index in [1.54, 1.807) is 24.8 Å². The van der Waals surface area contributed by atoms with Crippen molar-refractivity contribution in [2.24, 2.45) is 21.7 Å². The SMILES string of the molecule is Cc1nccnc1OC1C(C)(C)C(O[Si](C)(C)OC2C(C)(C)C(Oc3nccnc3C)C2(C)C)C1(C)C. The molecule has 0 saturated heterocycles. The quantitative estimate of drug-likeness (QED) is 0.404. The highest BCUT2D eigenvalue weighted by molar-refractivity contribution is 6.64. The minimum Gasteiger partial charge on any atom is -0.472 e. The lowest BCUT2D eigenvalue weighted by atomic mass is 9.51. The second-order valence-corrected chi connectivity index (χ2v) is 16.8. The van der Waals surface area contributed by atoms with Crippen LogP contribution in [-0.2, 0) is 8.85 Å². The summed E-state index contributed by atoms with van der Waals surface area (Å²) < 4.78 is 26.6. The van der Waals surface area contributed by atoms with Gasteiger partial charge in [0.15, 0.2) is 0 Å². The first-order valence-corrected chi connectivity index (χ1v) is 16.0. The Morgan fingerprint density at radius 3 is 1.14 bits per heavy atom. The summed E-state index contributed by atoms with van der Waals surface area (Å²) in [5.41, 5.74) is 0.697. The predicted molar refractivity (Wildman–Crippen MR) is 145 cm³/mol. The van der Waals surface area contributed by atoms with Crippen LogP contribution in [0.4, 0.5) is 0 Å². The van der Waals surface area contributed by atoms with E-state index in [1.807, 2.05) is 13.8 Å². The van der Waals surface area contributed by atoms with Gasteiger partial charge in [0.1, 0.15) is 12.2 Å². The Labute approximate surface area is 223 Å². The van der Waals surface area contributed by atoms with E-state index in [9.17, 15) is 0 Å². The zero-order valence-corrected chi connectivity index (χ0v) is 25.5. The van der Waals surface area contributed by atoms with Crippen LogP contribution in [0.25, 0.3) is 0 Å². The molecule has 0 atom stereocenters. The number of hydrogen-bond donors (Lipinski definition) is 0. The summed E-state index contributed by atoms with van der Waals surface area (Å²) in [6.45, 7) is 25.8. The second kappa shape index (κ2) is 8.98. The molecule has 37 heavy (non-hydrogen) atoms. The van der Waals surface area contributed by atoms with Crippen LogP contribution in [0.1, 0.15) is 66.8 Å². The molecular weight excluding hydrogens is 484 g/mol. The number of hydrogen-bond acceptors (Lipinski definition) is 8. The Kier molecular flexibility index (Phi) is 6.78. The monoisotopic (exact) mass is 528 g/mol. The van der Waals surface area contributed by atoms with Crippen molar-refractivity contribution >= 4 is 8.56 Å². The molecule has 2 saturated carbocycles. The average molecular weight is 529 g/mol. The van der Waals surface area contributed by atoms with E-state index in [2.05, 4.69) is 88.4 Å². The first-order chi connectivity index (χ1) is 16.9. The number of aryl methyl sites for hydroxylation is 2. The molecule has 0 spiro atoms. The largest absolute Gasteiger partial charge is 0.472 e. The predicted octanol–water partition coefficient (Wildman–Crippen LogP) is 5.68. The minimum atomic E-state index is -2.56. The third-order valence-electron chi connectivity index (χ3n) is 8.34. The first-order valence-electron chi connectivity index (χ1n) is 13.2. The summed E-state index contributed by atoms with van der Waals surface area (Å²) in [5, 5.41) is 0. The lowest BCUT2D eigenvalue weighted by molar-refractivity contribution is -0.255. The van der Waals surface area contributed by atoms with Gasteiger partial charge in [-0.15, -0.1) is 0 Å². The molecule has 2 aromatic rings. The molecule has 0 bridgehead atoms. The Hall–Kier alpha value is -2.10. The summed E-state index contributed by atoms with van der Waals surface area (Å²) >= 11 is 0. The third-order valence-corrected chi connectivity index (χ3v) is 9.95. The first kappa shape index (κ1) is 27.9. The van der Waals surface area contributed by atoms with Crippen molar-refractivity contribution in [1.82, 2.24) is 19.9 Å². The van der Waals surface area contributed by atoms with E-state index in [4.69, 9.17) is 18.3 Å². The van der Waals surface area contributed by atoms with Crippen molar-refractivity contribution in [3.05, 3.63) is 36.2 Å². The van der Waals surface area contributed by atoms with Gasteiger partial charge in [0.05, 0.1) is 23.6 Å². The summed E-state index contributed by atoms with van der Waals surface area (Å²) in [7, 11) is -2.56. The molecule has 8 nitrogen and oxygen atoms in total. The lowest BCUT2D eigenvalue weighted by Crippen LogP contribution is -2.74. The Morgan fingerprint density at radius 2 is 0.838 bits per heavy atom. The van der Waals surface area contributed by atoms with Gasteiger partial charge in [0.25, 0.3) is 0 Å². The van der Waals surface area contributed by atoms with Crippen LogP contribution in [0, 0.1) is 35.5 Å². The fraction of sp³-hybridized carbons (Fsp3) is 0.714.